The van der Waals surface area contributed by atoms with Gasteiger partial charge in [-0.3, -0.25) is 9.59 Å². The van der Waals surface area contributed by atoms with Gasteiger partial charge < -0.3 is 15.0 Å². The highest BCUT2D eigenvalue weighted by Crippen LogP contribution is 2.16. The first-order valence-corrected chi connectivity index (χ1v) is 9.10. The van der Waals surface area contributed by atoms with Gasteiger partial charge in [-0.25, -0.2) is 0 Å². The molecule has 0 aliphatic carbocycles. The molecule has 23 heavy (non-hydrogen) atoms. The fourth-order valence-electron chi connectivity index (χ4n) is 2.58. The molecule has 1 aliphatic rings. The van der Waals surface area contributed by atoms with Crippen LogP contribution < -0.4 is 5.32 Å². The second-order valence-electron chi connectivity index (χ2n) is 6.42. The van der Waals surface area contributed by atoms with E-state index >= 15 is 0 Å². The van der Waals surface area contributed by atoms with Gasteiger partial charge in [-0.1, -0.05) is 19.9 Å². The molecule has 0 aromatic carbocycles. The van der Waals surface area contributed by atoms with Crippen LogP contribution in [0.1, 0.15) is 43.3 Å². The maximum atomic E-state index is 12.4. The number of thiophene rings is 1. The Morgan fingerprint density at radius 1 is 1.35 bits per heavy atom. The molecule has 1 N–H and O–H groups in total. The zero-order valence-corrected chi connectivity index (χ0v) is 14.9. The van der Waals surface area contributed by atoms with Crippen molar-refractivity contribution in [3.05, 3.63) is 22.4 Å². The molecule has 0 saturated carbocycles. The number of nitrogens with one attached hydrogen (secondary N) is 1. The zero-order valence-electron chi connectivity index (χ0n) is 14.1. The van der Waals surface area contributed by atoms with E-state index in [1.807, 2.05) is 16.3 Å². The first-order valence-electron chi connectivity index (χ1n) is 8.22. The average molecular weight is 338 g/mol. The lowest BCUT2D eigenvalue weighted by molar-refractivity contribution is -0.135. The van der Waals surface area contributed by atoms with Crippen LogP contribution in [0, 0.1) is 5.92 Å². The number of carbonyl (C=O) groups excluding carboxylic acids is 2. The monoisotopic (exact) mass is 338 g/mol. The van der Waals surface area contributed by atoms with E-state index in [0.717, 1.165) is 19.4 Å². The Labute approximate surface area is 142 Å². The van der Waals surface area contributed by atoms with Crippen molar-refractivity contribution in [3.8, 4) is 0 Å². The summed E-state index contributed by atoms with van der Waals surface area (Å²) in [7, 11) is 0. The maximum absolute atomic E-state index is 12.4. The zero-order chi connectivity index (χ0) is 16.8. The fraction of sp³-hybridized carbons (Fsp3) is 0.647. The van der Waals surface area contributed by atoms with E-state index < -0.39 is 6.04 Å². The molecule has 0 radical (unpaired) electrons. The standard InChI is InChI=1S/C17H26N2O3S/c1-12(2)11-22-14-6-8-19(9-7-14)17(21)13(3)18-16(20)15-5-4-10-23-15/h4-5,10,12-14H,6-9,11H2,1-3H3,(H,18,20)/t13-/m0/s1. The molecule has 2 amide bonds. The Balaban J connectivity index is 1.76. The molecule has 1 aromatic rings. The first-order chi connectivity index (χ1) is 11.0. The molecule has 1 aromatic heterocycles. The Hall–Kier alpha value is -1.40. The second-order valence-corrected chi connectivity index (χ2v) is 7.37. The highest BCUT2D eigenvalue weighted by molar-refractivity contribution is 7.12. The molecular weight excluding hydrogens is 312 g/mol. The van der Waals surface area contributed by atoms with Gasteiger partial charge in [-0.05, 0) is 37.1 Å². The largest absolute Gasteiger partial charge is 0.378 e. The minimum Gasteiger partial charge on any atom is -0.378 e. The summed E-state index contributed by atoms with van der Waals surface area (Å²) in [6, 6.07) is 3.08. The van der Waals surface area contributed by atoms with E-state index in [-0.39, 0.29) is 17.9 Å². The molecule has 1 atom stereocenters. The number of amides is 2. The summed E-state index contributed by atoms with van der Waals surface area (Å²) in [6.45, 7) is 8.18. The molecular formula is C17H26N2O3S. The molecule has 0 spiro atoms. The highest BCUT2D eigenvalue weighted by atomic mass is 32.1. The van der Waals surface area contributed by atoms with E-state index in [9.17, 15) is 9.59 Å². The van der Waals surface area contributed by atoms with Gasteiger partial charge in [0.05, 0.1) is 11.0 Å². The third-order valence-corrected chi connectivity index (χ3v) is 4.75. The Morgan fingerprint density at radius 3 is 2.61 bits per heavy atom. The number of ether oxygens (including phenoxy) is 1. The lowest BCUT2D eigenvalue weighted by atomic mass is 10.1. The van der Waals surface area contributed by atoms with Crippen molar-refractivity contribution >= 4 is 23.2 Å². The number of hydrogen-bond donors (Lipinski definition) is 1. The van der Waals surface area contributed by atoms with Crippen molar-refractivity contribution in [2.75, 3.05) is 19.7 Å². The van der Waals surface area contributed by atoms with Crippen molar-refractivity contribution in [1.82, 2.24) is 10.2 Å². The Kier molecular flexibility index (Phi) is 6.59. The van der Waals surface area contributed by atoms with Crippen LogP contribution in [0.5, 0.6) is 0 Å². The van der Waals surface area contributed by atoms with E-state index in [2.05, 4.69) is 19.2 Å². The van der Waals surface area contributed by atoms with E-state index in [0.29, 0.717) is 23.9 Å². The van der Waals surface area contributed by atoms with Crippen LogP contribution in [0.15, 0.2) is 17.5 Å². The number of carbonyl (C=O) groups is 2. The molecule has 1 aliphatic heterocycles. The third kappa shape index (κ3) is 5.32. The normalized spacial score (nSPS) is 17.3. The molecule has 5 nitrogen and oxygen atoms in total. The lowest BCUT2D eigenvalue weighted by Crippen LogP contribution is -2.50. The van der Waals surface area contributed by atoms with Gasteiger partial charge in [0.15, 0.2) is 0 Å². The van der Waals surface area contributed by atoms with Gasteiger partial charge in [-0.2, -0.15) is 0 Å². The molecule has 1 fully saturated rings. The van der Waals surface area contributed by atoms with Crippen LogP contribution in [0.3, 0.4) is 0 Å². The second kappa shape index (κ2) is 8.45. The quantitative estimate of drug-likeness (QED) is 0.867. The smallest absolute Gasteiger partial charge is 0.261 e. The Bertz CT molecular complexity index is 508. The van der Waals surface area contributed by atoms with E-state index in [1.54, 1.807) is 13.0 Å². The molecule has 2 rings (SSSR count). The fourth-order valence-corrected chi connectivity index (χ4v) is 3.21. The minimum absolute atomic E-state index is 0.0165. The summed E-state index contributed by atoms with van der Waals surface area (Å²) in [6.07, 6.45) is 1.98. The summed E-state index contributed by atoms with van der Waals surface area (Å²) in [5.74, 6) is 0.329. The summed E-state index contributed by atoms with van der Waals surface area (Å²) in [5, 5.41) is 4.63. The van der Waals surface area contributed by atoms with Crippen molar-refractivity contribution in [1.29, 1.82) is 0 Å². The third-order valence-electron chi connectivity index (χ3n) is 3.88. The molecule has 0 unspecified atom stereocenters. The van der Waals surface area contributed by atoms with Gasteiger partial charge in [0.2, 0.25) is 5.91 Å². The van der Waals surface area contributed by atoms with E-state index in [4.69, 9.17) is 4.74 Å². The van der Waals surface area contributed by atoms with Crippen LogP contribution in [0.2, 0.25) is 0 Å². The molecule has 2 heterocycles. The van der Waals surface area contributed by atoms with Crippen molar-refractivity contribution in [2.45, 2.75) is 45.8 Å². The molecule has 0 bridgehead atoms. The first kappa shape index (κ1) is 17.9. The van der Waals surface area contributed by atoms with Crippen LogP contribution in [0.25, 0.3) is 0 Å². The maximum Gasteiger partial charge on any atom is 0.261 e. The Morgan fingerprint density at radius 2 is 2.04 bits per heavy atom. The van der Waals surface area contributed by atoms with Gasteiger partial charge in [0.1, 0.15) is 6.04 Å². The average Bonchev–Trinajstić information content (AvgIpc) is 3.07. The SMILES string of the molecule is CC(C)COC1CCN(C(=O)[C@H](C)NC(=O)c2cccs2)CC1. The number of likely N-dealkylation sites (tertiary alicyclic amines) is 1. The molecule has 128 valence electrons. The van der Waals surface area contributed by atoms with Crippen molar-refractivity contribution in [2.24, 2.45) is 5.92 Å². The summed E-state index contributed by atoms with van der Waals surface area (Å²) < 4.78 is 5.84. The van der Waals surface area contributed by atoms with Crippen molar-refractivity contribution < 1.29 is 14.3 Å². The summed E-state index contributed by atoms with van der Waals surface area (Å²) in [4.78, 5) is 26.9. The van der Waals surface area contributed by atoms with Gasteiger partial charge in [0, 0.05) is 19.7 Å². The predicted molar refractivity (Wildman–Crippen MR) is 91.6 cm³/mol. The molecule has 6 heteroatoms. The van der Waals surface area contributed by atoms with Crippen LogP contribution in [0.4, 0.5) is 0 Å². The number of rotatable bonds is 6. The summed E-state index contributed by atoms with van der Waals surface area (Å²) in [5.41, 5.74) is 0. The summed E-state index contributed by atoms with van der Waals surface area (Å²) >= 11 is 1.37. The van der Waals surface area contributed by atoms with E-state index in [1.165, 1.54) is 11.3 Å². The van der Waals surface area contributed by atoms with Gasteiger partial charge in [0.25, 0.3) is 5.91 Å². The van der Waals surface area contributed by atoms with Gasteiger partial charge >= 0.3 is 0 Å². The molecule has 1 saturated heterocycles. The van der Waals surface area contributed by atoms with Crippen molar-refractivity contribution in [3.63, 3.8) is 0 Å². The van der Waals surface area contributed by atoms with Crippen LogP contribution >= 0.6 is 11.3 Å². The highest BCUT2D eigenvalue weighted by Gasteiger charge is 2.27. The lowest BCUT2D eigenvalue weighted by Gasteiger charge is -2.33. The minimum atomic E-state index is -0.502. The topological polar surface area (TPSA) is 58.6 Å². The number of hydrogen-bond acceptors (Lipinski definition) is 4. The van der Waals surface area contributed by atoms with Gasteiger partial charge in [-0.15, -0.1) is 11.3 Å². The number of nitrogens with zero attached hydrogens (tertiary/aromatic N) is 1. The predicted octanol–water partition coefficient (Wildman–Crippen LogP) is 2.53. The van der Waals surface area contributed by atoms with Crippen LogP contribution in [-0.2, 0) is 9.53 Å². The number of piperidine rings is 1. The van der Waals surface area contributed by atoms with Crippen LogP contribution in [-0.4, -0.2) is 48.6 Å².